The van der Waals surface area contributed by atoms with Gasteiger partial charge in [0.2, 0.25) is 5.91 Å². The van der Waals surface area contributed by atoms with Crippen LogP contribution in [0.4, 0.5) is 0 Å². The number of hydrogen-bond donors (Lipinski definition) is 1. The molecule has 0 radical (unpaired) electrons. The number of rotatable bonds is 5. The molecular formula is C25H28N2O2. The molecule has 150 valence electrons. The number of aromatic amines is 1. The molecule has 4 atom stereocenters. The third-order valence-corrected chi connectivity index (χ3v) is 6.76. The van der Waals surface area contributed by atoms with Gasteiger partial charge in [-0.25, -0.2) is 0 Å². The summed E-state index contributed by atoms with van der Waals surface area (Å²) in [6.45, 7) is 2.83. The number of piperidine rings is 1. The van der Waals surface area contributed by atoms with Crippen LogP contribution in [0.3, 0.4) is 0 Å². The maximum absolute atomic E-state index is 13.1. The van der Waals surface area contributed by atoms with E-state index in [1.54, 1.807) is 0 Å². The highest BCUT2D eigenvalue weighted by Gasteiger charge is 2.48. The molecule has 29 heavy (non-hydrogen) atoms. The van der Waals surface area contributed by atoms with Crippen molar-refractivity contribution in [2.45, 2.75) is 44.9 Å². The molecule has 1 aromatic heterocycles. The first-order valence-electron chi connectivity index (χ1n) is 10.8. The first kappa shape index (κ1) is 18.4. The van der Waals surface area contributed by atoms with Crippen LogP contribution in [0, 0.1) is 11.8 Å². The molecule has 3 heterocycles. The van der Waals surface area contributed by atoms with Gasteiger partial charge in [0.05, 0.1) is 12.6 Å². The molecule has 2 aliphatic rings. The highest BCUT2D eigenvalue weighted by Crippen LogP contribution is 2.43. The van der Waals surface area contributed by atoms with Crippen LogP contribution >= 0.6 is 0 Å². The van der Waals surface area contributed by atoms with Crippen LogP contribution in [0.2, 0.25) is 0 Å². The van der Waals surface area contributed by atoms with Crippen molar-refractivity contribution < 1.29 is 9.53 Å². The number of para-hydroxylation sites is 1. The zero-order valence-electron chi connectivity index (χ0n) is 16.9. The van der Waals surface area contributed by atoms with E-state index in [4.69, 9.17) is 4.74 Å². The van der Waals surface area contributed by atoms with Gasteiger partial charge in [-0.1, -0.05) is 55.5 Å². The fraction of sp³-hybridized carbons (Fsp3) is 0.400. The van der Waals surface area contributed by atoms with Crippen molar-refractivity contribution in [3.8, 4) is 0 Å². The van der Waals surface area contributed by atoms with Crippen molar-refractivity contribution >= 4 is 16.8 Å². The summed E-state index contributed by atoms with van der Waals surface area (Å²) in [7, 11) is 0. The number of carbonyl (C=O) groups excluding carboxylic acids is 1. The van der Waals surface area contributed by atoms with Crippen LogP contribution in [0.1, 0.15) is 43.5 Å². The van der Waals surface area contributed by atoms with Crippen molar-refractivity contribution in [1.82, 2.24) is 9.88 Å². The number of carbonyl (C=O) groups is 1. The summed E-state index contributed by atoms with van der Waals surface area (Å²) in [5, 5.41) is 1.25. The summed E-state index contributed by atoms with van der Waals surface area (Å²) in [4.78, 5) is 18.7. The van der Waals surface area contributed by atoms with Gasteiger partial charge in [-0.3, -0.25) is 4.79 Å². The Bertz CT molecular complexity index is 963. The van der Waals surface area contributed by atoms with E-state index in [0.29, 0.717) is 24.9 Å². The fourth-order valence-corrected chi connectivity index (χ4v) is 5.28. The number of aryl methyl sites for hydroxylation is 1. The number of benzene rings is 2. The molecule has 2 fully saturated rings. The van der Waals surface area contributed by atoms with Crippen LogP contribution in [-0.2, 0) is 16.0 Å². The second-order valence-corrected chi connectivity index (χ2v) is 8.41. The number of aromatic nitrogens is 1. The second kappa shape index (κ2) is 7.68. The quantitative estimate of drug-likeness (QED) is 0.663. The lowest BCUT2D eigenvalue weighted by Gasteiger charge is -2.42. The van der Waals surface area contributed by atoms with Gasteiger partial charge in [0, 0.05) is 23.5 Å². The van der Waals surface area contributed by atoms with Crippen molar-refractivity contribution in [2.24, 2.45) is 11.8 Å². The predicted molar refractivity (Wildman–Crippen MR) is 114 cm³/mol. The summed E-state index contributed by atoms with van der Waals surface area (Å²) in [6.07, 6.45) is 3.56. The minimum atomic E-state index is -0.0841. The third kappa shape index (κ3) is 3.36. The van der Waals surface area contributed by atoms with E-state index in [0.717, 1.165) is 19.3 Å². The van der Waals surface area contributed by atoms with Crippen LogP contribution in [-0.4, -0.2) is 28.6 Å². The third-order valence-electron chi connectivity index (χ3n) is 6.76. The van der Waals surface area contributed by atoms with Gasteiger partial charge in [-0.15, -0.1) is 0 Å². The van der Waals surface area contributed by atoms with Crippen molar-refractivity contribution in [2.75, 3.05) is 6.61 Å². The molecule has 5 rings (SSSR count). The molecule has 1 N–H and O–H groups in total. The lowest BCUT2D eigenvalue weighted by atomic mass is 9.78. The molecule has 0 unspecified atom stereocenters. The molecule has 0 aliphatic carbocycles. The first-order chi connectivity index (χ1) is 14.2. The Kier molecular flexibility index (Phi) is 4.88. The molecule has 0 bridgehead atoms. The van der Waals surface area contributed by atoms with E-state index in [-0.39, 0.29) is 18.2 Å². The molecule has 4 heteroatoms. The summed E-state index contributed by atoms with van der Waals surface area (Å²) < 4.78 is 6.23. The zero-order valence-corrected chi connectivity index (χ0v) is 16.9. The molecule has 3 aromatic rings. The van der Waals surface area contributed by atoms with Crippen LogP contribution < -0.4 is 0 Å². The Morgan fingerprint density at radius 1 is 1.10 bits per heavy atom. The number of nitrogens with one attached hydrogen (secondary N) is 1. The first-order valence-corrected chi connectivity index (χ1v) is 10.8. The molecule has 2 aliphatic heterocycles. The molecule has 1 amide bonds. The van der Waals surface area contributed by atoms with E-state index < -0.39 is 0 Å². The highest BCUT2D eigenvalue weighted by molar-refractivity contribution is 5.80. The number of fused-ring (bicyclic) bond motifs is 2. The average molecular weight is 389 g/mol. The number of ether oxygens (including phenoxy) is 1. The Morgan fingerprint density at radius 3 is 2.69 bits per heavy atom. The number of nitrogens with zero attached hydrogens (tertiary/aromatic N) is 1. The van der Waals surface area contributed by atoms with Gasteiger partial charge in [0.15, 0.2) is 0 Å². The Labute approximate surface area is 171 Å². The maximum Gasteiger partial charge on any atom is 0.225 e. The lowest BCUT2D eigenvalue weighted by molar-refractivity contribution is -0.153. The smallest absolute Gasteiger partial charge is 0.225 e. The second-order valence-electron chi connectivity index (χ2n) is 8.41. The molecule has 4 nitrogen and oxygen atoms in total. The maximum atomic E-state index is 13.1. The van der Waals surface area contributed by atoms with Crippen LogP contribution in [0.5, 0.6) is 0 Å². The van der Waals surface area contributed by atoms with Crippen molar-refractivity contribution in [1.29, 1.82) is 0 Å². The van der Waals surface area contributed by atoms with Crippen LogP contribution in [0.15, 0.2) is 60.7 Å². The average Bonchev–Trinajstić information content (AvgIpc) is 3.37. The van der Waals surface area contributed by atoms with E-state index in [2.05, 4.69) is 54.4 Å². The van der Waals surface area contributed by atoms with E-state index in [1.807, 2.05) is 23.1 Å². The van der Waals surface area contributed by atoms with E-state index in [1.165, 1.54) is 22.2 Å². The molecule has 0 saturated carbocycles. The Hall–Kier alpha value is -2.59. The minimum absolute atomic E-state index is 0.0532. The topological polar surface area (TPSA) is 45.3 Å². The van der Waals surface area contributed by atoms with Gasteiger partial charge >= 0.3 is 0 Å². The largest absolute Gasteiger partial charge is 0.358 e. The molecule has 2 aromatic carbocycles. The Balaban J connectivity index is 1.32. The predicted octanol–water partition coefficient (Wildman–Crippen LogP) is 5.07. The van der Waals surface area contributed by atoms with Gasteiger partial charge < -0.3 is 14.6 Å². The summed E-state index contributed by atoms with van der Waals surface area (Å²) in [6, 6.07) is 21.0. The number of hydrogen-bond acceptors (Lipinski definition) is 2. The zero-order chi connectivity index (χ0) is 19.8. The summed E-state index contributed by atoms with van der Waals surface area (Å²) >= 11 is 0. The monoisotopic (exact) mass is 388 g/mol. The van der Waals surface area contributed by atoms with Gasteiger partial charge in [-0.2, -0.15) is 0 Å². The standard InChI is InChI=1S/C25H28N2O2/c1-2-21-18(12-13-20-14-19-10-6-7-11-22(19)26-20)15-24(28)27-23(16-29-25(21)27)17-8-4-3-5-9-17/h3-11,14,18,21,23,25-26H,2,12-13,15-16H2,1H3/t18-,21-,23-,25+/m0/s1. The molecule has 2 saturated heterocycles. The molecular weight excluding hydrogens is 360 g/mol. The van der Waals surface area contributed by atoms with Gasteiger partial charge in [-0.05, 0) is 48.3 Å². The van der Waals surface area contributed by atoms with E-state index in [9.17, 15) is 4.79 Å². The van der Waals surface area contributed by atoms with Gasteiger partial charge in [0.1, 0.15) is 6.23 Å². The summed E-state index contributed by atoms with van der Waals surface area (Å²) in [5.74, 6) is 1.01. The molecule has 0 spiro atoms. The minimum Gasteiger partial charge on any atom is -0.358 e. The normalized spacial score (nSPS) is 26.8. The van der Waals surface area contributed by atoms with Gasteiger partial charge in [0.25, 0.3) is 0 Å². The number of H-pyrrole nitrogens is 1. The van der Waals surface area contributed by atoms with E-state index >= 15 is 0 Å². The SMILES string of the molecule is CC[C@H]1[C@@H](CCc2cc3ccccc3[nH]2)CC(=O)N2[C@@H]1OC[C@H]2c1ccccc1. The lowest BCUT2D eigenvalue weighted by Crippen LogP contribution is -2.50. The van der Waals surface area contributed by atoms with Crippen molar-refractivity contribution in [3.05, 3.63) is 71.9 Å². The summed E-state index contributed by atoms with van der Waals surface area (Å²) in [5.41, 5.74) is 3.62. The van der Waals surface area contributed by atoms with Crippen LogP contribution in [0.25, 0.3) is 10.9 Å². The number of amides is 1. The fourth-order valence-electron chi connectivity index (χ4n) is 5.28. The highest BCUT2D eigenvalue weighted by atomic mass is 16.5. The Morgan fingerprint density at radius 2 is 1.90 bits per heavy atom. The van der Waals surface area contributed by atoms with Crippen molar-refractivity contribution in [3.63, 3.8) is 0 Å².